The molecule has 2 atom stereocenters. The molecule has 1 amide bonds. The maximum atomic E-state index is 15.1. The second-order valence-corrected chi connectivity index (χ2v) is 11.6. The van der Waals surface area contributed by atoms with E-state index in [0.29, 0.717) is 33.1 Å². The summed E-state index contributed by atoms with van der Waals surface area (Å²) in [4.78, 5) is 32.9. The van der Waals surface area contributed by atoms with Gasteiger partial charge in [-0.15, -0.1) is 11.3 Å². The standard InChI is InChI=1S/C31H31FN6O4S/c1-17-11-21(29-24(12-17)36-28(40-4)16-34-29)30-37-23-13-22(32)25(14-26(23)43-30)41-18(2)19(3)42-31(39)35-20-7-8-27(33-15-20)38-9-5-6-10-38/h7-8,11-16,18-19H,5-6,9-10H2,1-4H3,(H,35,39)/t18-,19+/m0/s1. The summed E-state index contributed by atoms with van der Waals surface area (Å²) in [5.41, 5.74) is 4.18. The molecule has 3 aromatic heterocycles. The highest BCUT2D eigenvalue weighted by Gasteiger charge is 2.22. The van der Waals surface area contributed by atoms with Crippen LogP contribution in [0.15, 0.2) is 48.8 Å². The van der Waals surface area contributed by atoms with Gasteiger partial charge >= 0.3 is 6.09 Å². The maximum absolute atomic E-state index is 15.1. The monoisotopic (exact) mass is 602 g/mol. The fourth-order valence-electron chi connectivity index (χ4n) is 4.95. The van der Waals surface area contributed by atoms with E-state index in [2.05, 4.69) is 30.2 Å². The van der Waals surface area contributed by atoms with Crippen LogP contribution < -0.4 is 19.7 Å². The topological polar surface area (TPSA) is 112 Å². The molecule has 0 bridgehead atoms. The van der Waals surface area contributed by atoms with Crippen LogP contribution in [-0.4, -0.2) is 58.4 Å². The average molecular weight is 603 g/mol. The highest BCUT2D eigenvalue weighted by atomic mass is 32.1. The van der Waals surface area contributed by atoms with E-state index in [9.17, 15) is 4.79 Å². The lowest BCUT2D eigenvalue weighted by Gasteiger charge is -2.22. The van der Waals surface area contributed by atoms with Gasteiger partial charge in [0, 0.05) is 30.8 Å². The summed E-state index contributed by atoms with van der Waals surface area (Å²) in [5, 5.41) is 3.38. The molecule has 222 valence electrons. The van der Waals surface area contributed by atoms with Crippen LogP contribution in [0.25, 0.3) is 31.8 Å². The number of anilines is 2. The van der Waals surface area contributed by atoms with Crippen LogP contribution >= 0.6 is 11.3 Å². The van der Waals surface area contributed by atoms with Crippen LogP contribution in [0.2, 0.25) is 0 Å². The predicted molar refractivity (Wildman–Crippen MR) is 165 cm³/mol. The van der Waals surface area contributed by atoms with Gasteiger partial charge in [0.05, 0.1) is 46.4 Å². The number of amides is 1. The van der Waals surface area contributed by atoms with Crippen molar-refractivity contribution in [3.63, 3.8) is 0 Å². The molecule has 0 spiro atoms. The highest BCUT2D eigenvalue weighted by Crippen LogP contribution is 2.37. The van der Waals surface area contributed by atoms with E-state index in [0.717, 1.165) is 47.6 Å². The predicted octanol–water partition coefficient (Wildman–Crippen LogP) is 6.76. The minimum atomic E-state index is -0.668. The number of aromatic nitrogens is 4. The first kappa shape index (κ1) is 28.5. The van der Waals surface area contributed by atoms with Crippen molar-refractivity contribution in [2.24, 2.45) is 0 Å². The number of pyridine rings is 1. The van der Waals surface area contributed by atoms with Crippen LogP contribution in [0, 0.1) is 12.7 Å². The van der Waals surface area contributed by atoms with E-state index in [1.165, 1.54) is 17.4 Å². The Balaban J connectivity index is 1.14. The Hall–Kier alpha value is -4.58. The van der Waals surface area contributed by atoms with Crippen LogP contribution in [0.5, 0.6) is 11.6 Å². The molecule has 1 saturated heterocycles. The van der Waals surface area contributed by atoms with E-state index in [-0.39, 0.29) is 5.75 Å². The molecule has 0 radical (unpaired) electrons. The molecular weight excluding hydrogens is 571 g/mol. The Morgan fingerprint density at radius 2 is 1.84 bits per heavy atom. The Morgan fingerprint density at radius 1 is 1.02 bits per heavy atom. The zero-order chi connectivity index (χ0) is 30.1. The summed E-state index contributed by atoms with van der Waals surface area (Å²) >= 11 is 1.40. The fraction of sp³-hybridized carbons (Fsp3) is 0.323. The molecule has 0 aliphatic carbocycles. The zero-order valence-corrected chi connectivity index (χ0v) is 25.1. The lowest BCUT2D eigenvalue weighted by Crippen LogP contribution is -2.32. The molecule has 1 aliphatic heterocycles. The van der Waals surface area contributed by atoms with Crippen LogP contribution in [0.3, 0.4) is 0 Å². The van der Waals surface area contributed by atoms with Gasteiger partial charge in [0.15, 0.2) is 11.6 Å². The largest absolute Gasteiger partial charge is 0.484 e. The number of nitrogens with one attached hydrogen (secondary N) is 1. The number of fused-ring (bicyclic) bond motifs is 2. The second-order valence-electron chi connectivity index (χ2n) is 10.5. The third-order valence-electron chi connectivity index (χ3n) is 7.34. The molecule has 2 aromatic carbocycles. The van der Waals surface area contributed by atoms with Crippen molar-refractivity contribution < 1.29 is 23.4 Å². The van der Waals surface area contributed by atoms with Crippen molar-refractivity contribution in [3.05, 3.63) is 60.2 Å². The Kier molecular flexibility index (Phi) is 7.94. The van der Waals surface area contributed by atoms with E-state index >= 15 is 4.39 Å². The summed E-state index contributed by atoms with van der Waals surface area (Å²) < 4.78 is 32.5. The third kappa shape index (κ3) is 6.14. The molecule has 0 saturated carbocycles. The van der Waals surface area contributed by atoms with Crippen LogP contribution in [0.1, 0.15) is 32.3 Å². The van der Waals surface area contributed by atoms with Crippen molar-refractivity contribution in [2.75, 3.05) is 30.4 Å². The number of hydrogen-bond acceptors (Lipinski definition) is 10. The smallest absolute Gasteiger partial charge is 0.412 e. The van der Waals surface area contributed by atoms with Gasteiger partial charge in [0.25, 0.3) is 0 Å². The van der Waals surface area contributed by atoms with Crippen LogP contribution in [-0.2, 0) is 4.74 Å². The number of thiazole rings is 1. The molecule has 43 heavy (non-hydrogen) atoms. The van der Waals surface area contributed by atoms with Gasteiger partial charge < -0.3 is 19.1 Å². The summed E-state index contributed by atoms with van der Waals surface area (Å²) in [6, 6.07) is 10.6. The minimum absolute atomic E-state index is 0.0476. The summed E-state index contributed by atoms with van der Waals surface area (Å²) in [6.45, 7) is 7.36. The normalized spacial score (nSPS) is 14.6. The van der Waals surface area contributed by atoms with Gasteiger partial charge in [-0.1, -0.05) is 0 Å². The number of halogens is 1. The molecule has 10 nitrogen and oxygen atoms in total. The Bertz CT molecular complexity index is 1790. The van der Waals surface area contributed by atoms with Gasteiger partial charge in [-0.05, 0) is 63.4 Å². The number of carbonyl (C=O) groups is 1. The summed E-state index contributed by atoms with van der Waals surface area (Å²) in [5.74, 6) is 0.799. The Morgan fingerprint density at radius 3 is 2.58 bits per heavy atom. The molecule has 4 heterocycles. The van der Waals surface area contributed by atoms with Crippen molar-refractivity contribution in [1.82, 2.24) is 19.9 Å². The second kappa shape index (κ2) is 12.0. The lowest BCUT2D eigenvalue weighted by molar-refractivity contribution is 0.0402. The lowest BCUT2D eigenvalue weighted by atomic mass is 10.1. The number of carbonyl (C=O) groups excluding carboxylic acids is 1. The van der Waals surface area contributed by atoms with E-state index in [4.69, 9.17) is 14.2 Å². The molecule has 1 fully saturated rings. The van der Waals surface area contributed by atoms with Crippen molar-refractivity contribution in [3.8, 4) is 22.2 Å². The third-order valence-corrected chi connectivity index (χ3v) is 8.39. The fourth-order valence-corrected chi connectivity index (χ4v) is 5.94. The first-order valence-corrected chi connectivity index (χ1v) is 14.9. The SMILES string of the molecule is COc1cnc2c(-c3nc4cc(F)c(O[C@@H](C)[C@@H](C)OC(=O)Nc5ccc(N6CCCC6)nc5)cc4s3)cc(C)cc2n1. The number of nitrogens with zero attached hydrogens (tertiary/aromatic N) is 5. The number of methoxy groups -OCH3 is 1. The molecule has 0 unspecified atom stereocenters. The number of aryl methyl sites for hydroxylation is 1. The van der Waals surface area contributed by atoms with Crippen molar-refractivity contribution in [1.29, 1.82) is 0 Å². The maximum Gasteiger partial charge on any atom is 0.412 e. The minimum Gasteiger partial charge on any atom is -0.484 e. The molecule has 6 rings (SSSR count). The van der Waals surface area contributed by atoms with Gasteiger partial charge in [0.2, 0.25) is 5.88 Å². The number of benzene rings is 2. The van der Waals surface area contributed by atoms with Gasteiger partial charge in [0.1, 0.15) is 23.0 Å². The van der Waals surface area contributed by atoms with Gasteiger partial charge in [-0.2, -0.15) is 0 Å². The van der Waals surface area contributed by atoms with E-state index in [1.807, 2.05) is 25.1 Å². The quantitative estimate of drug-likeness (QED) is 0.206. The number of rotatable bonds is 8. The molecule has 1 aliphatic rings. The summed E-state index contributed by atoms with van der Waals surface area (Å²) in [7, 11) is 1.54. The summed E-state index contributed by atoms with van der Waals surface area (Å²) in [6.07, 6.45) is 3.54. The average Bonchev–Trinajstić information content (AvgIpc) is 3.67. The van der Waals surface area contributed by atoms with E-state index < -0.39 is 24.1 Å². The van der Waals surface area contributed by atoms with Crippen molar-refractivity contribution in [2.45, 2.75) is 45.8 Å². The Labute approximate surface area is 251 Å². The van der Waals surface area contributed by atoms with Crippen LogP contribution in [0.4, 0.5) is 20.7 Å². The number of ether oxygens (including phenoxy) is 3. The first-order valence-electron chi connectivity index (χ1n) is 14.0. The van der Waals surface area contributed by atoms with E-state index in [1.54, 1.807) is 45.5 Å². The highest BCUT2D eigenvalue weighted by molar-refractivity contribution is 7.21. The van der Waals surface area contributed by atoms with Crippen molar-refractivity contribution >= 4 is 50.2 Å². The van der Waals surface area contributed by atoms with Gasteiger partial charge in [-0.25, -0.2) is 29.1 Å². The molecule has 5 aromatic rings. The number of hydrogen-bond donors (Lipinski definition) is 1. The van der Waals surface area contributed by atoms with Gasteiger partial charge in [-0.3, -0.25) is 5.32 Å². The molecular formula is C31H31FN6O4S. The molecule has 1 N–H and O–H groups in total. The molecule has 12 heteroatoms. The zero-order valence-electron chi connectivity index (χ0n) is 24.3. The first-order chi connectivity index (χ1) is 20.8.